The predicted molar refractivity (Wildman–Crippen MR) is 552 cm³/mol. The Kier molecular flexibility index (Phi) is 29.6. The van der Waals surface area contributed by atoms with E-state index in [-0.39, 0.29) is 11.8 Å². The summed E-state index contributed by atoms with van der Waals surface area (Å²) in [6, 6.07) is 178. The van der Waals surface area contributed by atoms with E-state index in [1.807, 2.05) is 0 Å². The van der Waals surface area contributed by atoms with Crippen molar-refractivity contribution in [2.45, 2.75) is 84.4 Å². The van der Waals surface area contributed by atoms with Crippen LogP contribution in [0.1, 0.15) is 112 Å². The van der Waals surface area contributed by atoms with Crippen molar-refractivity contribution in [2.75, 3.05) is 0 Å². The average Bonchev–Trinajstić information content (AvgIpc) is 0.771. The Morgan fingerprint density at radius 3 is 0.383 bits per heavy atom. The van der Waals surface area contributed by atoms with Gasteiger partial charge in [0.1, 0.15) is 23.0 Å². The van der Waals surface area contributed by atoms with E-state index in [1.54, 1.807) is 0 Å². The van der Waals surface area contributed by atoms with Crippen LogP contribution in [0.2, 0.25) is 0 Å². The zero-order chi connectivity index (χ0) is 87.2. The van der Waals surface area contributed by atoms with Gasteiger partial charge in [-0.05, 0) is 212 Å². The Hall–Kier alpha value is -11.3. The third kappa shape index (κ3) is 23.6. The van der Waals surface area contributed by atoms with Gasteiger partial charge in [-0.3, -0.25) is 0 Å². The Morgan fingerprint density at radius 2 is 0.266 bits per heavy atom. The van der Waals surface area contributed by atoms with Gasteiger partial charge in [0.2, 0.25) is 0 Å². The molecule has 0 radical (unpaired) electrons. The van der Waals surface area contributed by atoms with Crippen LogP contribution in [0.4, 0.5) is 0 Å². The lowest BCUT2D eigenvalue weighted by molar-refractivity contribution is 0.520. The molecule has 0 heterocycles. The molecule has 0 aliphatic carbocycles. The quantitative estimate of drug-likeness (QED) is 0.0285. The van der Waals surface area contributed by atoms with E-state index in [2.05, 4.69) is 525 Å². The van der Waals surface area contributed by atoms with Crippen LogP contribution < -0.4 is 17.7 Å². The maximum atomic E-state index is 7.90. The molecule has 0 amide bonds. The largest absolute Gasteiger partial charge is 0.542 e. The molecular weight excluding hydrogens is 1890 g/mol. The molecule has 0 fully saturated rings. The average molecular weight is 1990 g/mol. The van der Waals surface area contributed by atoms with Crippen LogP contribution in [-0.4, -0.2) is 33.3 Å². The van der Waals surface area contributed by atoms with Crippen LogP contribution in [0.15, 0.2) is 479 Å². The number of hydrogen-bond donors (Lipinski definition) is 0. The zero-order valence-electron chi connectivity index (χ0n) is 71.7. The Labute approximate surface area is 793 Å². The van der Waals surface area contributed by atoms with Gasteiger partial charge in [-0.25, -0.2) is 0 Å². The first-order chi connectivity index (χ1) is 62.8. The smallest absolute Gasteiger partial charge is 0.264 e. The molecule has 634 valence electrons. The standard InChI is InChI=1S/C116H102Br4O4Si4/c117-107-73-103(65-69-111(107)121-125(77-89-37-13-1-14-38-89,78-90-39-15-2-16-40-90)79-91-41-17-3-18-42-91)115(104-66-70-112(108(118)74-104)122-126(80-92-43-19-4-20-44-92,81-93-45-21-5-22-46-93)82-94-47-23-6-24-48-94)101-61-63-102(64-62-101)116(105-67-71-113(109(119)75-105)123-127(83-95-49-25-7-26-50-95,84-96-51-27-8-28-52-96)85-97-53-29-9-30-54-97)106-68-72-114(110(120)76-106)124-128(86-98-55-31-10-32-56-98,87-99-57-33-11-34-58-99)88-100-59-35-12-36-60-100/h1-76,115-116H,77-88H2. The van der Waals surface area contributed by atoms with E-state index in [1.165, 1.54) is 66.8 Å². The number of halogens is 4. The summed E-state index contributed by atoms with van der Waals surface area (Å²) in [4.78, 5) is 0. The van der Waals surface area contributed by atoms with Gasteiger partial charge in [0.25, 0.3) is 33.3 Å². The minimum absolute atomic E-state index is 0.270. The van der Waals surface area contributed by atoms with E-state index >= 15 is 0 Å². The highest BCUT2D eigenvalue weighted by Gasteiger charge is 2.44. The van der Waals surface area contributed by atoms with Gasteiger partial charge in [-0.2, -0.15) is 0 Å². The minimum atomic E-state index is -2.83. The van der Waals surface area contributed by atoms with Crippen LogP contribution in [-0.2, 0) is 72.5 Å². The molecular formula is C116H102Br4O4Si4. The first-order valence-corrected chi connectivity index (χ1v) is 57.6. The van der Waals surface area contributed by atoms with Gasteiger partial charge in [0, 0.05) is 84.4 Å². The number of benzene rings is 17. The van der Waals surface area contributed by atoms with Gasteiger partial charge in [-0.15, -0.1) is 0 Å². The molecule has 0 aromatic heterocycles. The van der Waals surface area contributed by atoms with Crippen molar-refractivity contribution >= 4 is 97.0 Å². The monoisotopic (exact) mass is 1990 g/mol. The summed E-state index contributed by atoms with van der Waals surface area (Å²) in [5.74, 6) is 2.79. The van der Waals surface area contributed by atoms with Gasteiger partial charge in [0.05, 0.1) is 17.9 Å². The summed E-state index contributed by atoms with van der Waals surface area (Å²) >= 11 is 17.1. The molecule has 12 heteroatoms. The highest BCUT2D eigenvalue weighted by molar-refractivity contribution is 9.11. The SMILES string of the molecule is Brc1cc(C(c2ccc(C(c3ccc(O[Si](Cc4ccccc4)(Cc4ccccc4)Cc4ccccc4)c(Br)c3)c3ccc(O[Si](Cc4ccccc4)(Cc4ccccc4)Cc4ccccc4)c(Br)c3)cc2)c2ccc(O[Si](Cc3ccccc3)(Cc3ccccc3)Cc3ccccc3)c(Br)c2)ccc1O[Si](Cc1ccccc1)(Cc1ccccc1)Cc1ccccc1. The van der Waals surface area contributed by atoms with Crippen LogP contribution in [0.5, 0.6) is 23.0 Å². The molecule has 0 unspecified atom stereocenters. The fourth-order valence-corrected chi connectivity index (χ4v) is 38.1. The molecule has 0 saturated heterocycles. The molecule has 0 atom stereocenters. The maximum Gasteiger partial charge on any atom is 0.264 e. The highest BCUT2D eigenvalue weighted by atomic mass is 79.9. The lowest BCUT2D eigenvalue weighted by Crippen LogP contribution is -2.50. The van der Waals surface area contributed by atoms with Crippen molar-refractivity contribution in [3.05, 3.63) is 579 Å². The molecule has 0 aliphatic heterocycles. The van der Waals surface area contributed by atoms with Crippen LogP contribution in [0.3, 0.4) is 0 Å². The summed E-state index contributed by atoms with van der Waals surface area (Å²) in [6.45, 7) is 0. The molecule has 0 N–H and O–H groups in total. The Bertz CT molecular complexity index is 5200. The van der Waals surface area contributed by atoms with Crippen LogP contribution in [0.25, 0.3) is 0 Å². The summed E-state index contributed by atoms with van der Waals surface area (Å²) in [5.41, 5.74) is 21.9. The molecule has 4 nitrogen and oxygen atoms in total. The molecule has 17 rings (SSSR count). The van der Waals surface area contributed by atoms with Gasteiger partial charge >= 0.3 is 0 Å². The van der Waals surface area contributed by atoms with E-state index < -0.39 is 33.3 Å². The van der Waals surface area contributed by atoms with Gasteiger partial charge in [0.15, 0.2) is 0 Å². The van der Waals surface area contributed by atoms with Crippen LogP contribution >= 0.6 is 63.7 Å². The van der Waals surface area contributed by atoms with Crippen molar-refractivity contribution in [3.8, 4) is 23.0 Å². The highest BCUT2D eigenvalue weighted by Crippen LogP contribution is 2.46. The lowest BCUT2D eigenvalue weighted by atomic mass is 9.81. The van der Waals surface area contributed by atoms with E-state index in [0.717, 1.165) is 147 Å². The fraction of sp³-hybridized carbons (Fsp3) is 0.121. The minimum Gasteiger partial charge on any atom is -0.542 e. The predicted octanol–water partition coefficient (Wildman–Crippen LogP) is 29.8. The second-order valence-corrected chi connectivity index (χ2v) is 52.3. The maximum absolute atomic E-state index is 7.90. The molecule has 17 aromatic carbocycles. The summed E-state index contributed by atoms with van der Waals surface area (Å²) < 4.78 is 35.2. The third-order valence-corrected chi connectivity index (χ3v) is 42.2. The second kappa shape index (κ2) is 42.8. The topological polar surface area (TPSA) is 36.9 Å². The first-order valence-electron chi connectivity index (χ1n) is 44.3. The number of hydrogen-bond acceptors (Lipinski definition) is 4. The molecule has 0 spiro atoms. The van der Waals surface area contributed by atoms with Gasteiger partial charge < -0.3 is 17.7 Å². The molecule has 128 heavy (non-hydrogen) atoms. The summed E-state index contributed by atoms with van der Waals surface area (Å²) in [7, 11) is -11.3. The van der Waals surface area contributed by atoms with Crippen LogP contribution in [0, 0.1) is 0 Å². The van der Waals surface area contributed by atoms with Gasteiger partial charge in [-0.1, -0.05) is 413 Å². The van der Waals surface area contributed by atoms with E-state index in [0.29, 0.717) is 0 Å². The zero-order valence-corrected chi connectivity index (χ0v) is 82.0. The summed E-state index contributed by atoms with van der Waals surface area (Å²) in [5, 5.41) is 0. The second-order valence-electron chi connectivity index (χ2n) is 34.4. The van der Waals surface area contributed by atoms with E-state index in [4.69, 9.17) is 17.7 Å². The summed E-state index contributed by atoms with van der Waals surface area (Å²) in [6.07, 6.45) is 0. The van der Waals surface area contributed by atoms with Crippen molar-refractivity contribution in [1.29, 1.82) is 0 Å². The third-order valence-electron chi connectivity index (χ3n) is 24.5. The lowest BCUT2D eigenvalue weighted by Gasteiger charge is -2.34. The first kappa shape index (κ1) is 88.7. The van der Waals surface area contributed by atoms with E-state index in [9.17, 15) is 0 Å². The van der Waals surface area contributed by atoms with Crippen molar-refractivity contribution in [3.63, 3.8) is 0 Å². The Morgan fingerprint density at radius 1 is 0.148 bits per heavy atom. The molecule has 0 saturated carbocycles. The van der Waals surface area contributed by atoms with Crippen molar-refractivity contribution in [2.24, 2.45) is 0 Å². The number of rotatable bonds is 38. The Balaban J connectivity index is 0.799. The molecule has 0 aliphatic rings. The molecule has 0 bridgehead atoms. The normalized spacial score (nSPS) is 11.8. The fourth-order valence-electron chi connectivity index (χ4n) is 18.9. The molecule has 17 aromatic rings. The van der Waals surface area contributed by atoms with Crippen molar-refractivity contribution in [1.82, 2.24) is 0 Å². The van der Waals surface area contributed by atoms with Crippen molar-refractivity contribution < 1.29 is 17.7 Å².